The van der Waals surface area contributed by atoms with Crippen LogP contribution in [0.15, 0.2) is 33.2 Å². The van der Waals surface area contributed by atoms with Crippen molar-refractivity contribution in [2.45, 2.75) is 6.43 Å². The van der Waals surface area contributed by atoms with Crippen molar-refractivity contribution >= 4 is 32.7 Å². The molecule has 15 heavy (non-hydrogen) atoms. The maximum atomic E-state index is 12.1. The number of hydrogen-bond acceptors (Lipinski definition) is 2. The number of carbonyl (C=O) groups is 1. The second kappa shape index (κ2) is 3.73. The van der Waals surface area contributed by atoms with Crippen molar-refractivity contribution in [3.63, 3.8) is 0 Å². The smallest absolute Gasteiger partial charge is 0.303 e. The Kier molecular flexibility index (Phi) is 2.56. The summed E-state index contributed by atoms with van der Waals surface area (Å²) in [4.78, 5) is 10.9. The standard InChI is InChI=1S/C10H5BrF2O2/c11-6-1-2-7-5(3-6)4-8(15-7)9(14)10(12)13/h1-4,10H. The van der Waals surface area contributed by atoms with Crippen LogP contribution in [-0.2, 0) is 0 Å². The summed E-state index contributed by atoms with van der Waals surface area (Å²) < 4.78 is 30.0. The molecule has 0 saturated heterocycles. The van der Waals surface area contributed by atoms with Gasteiger partial charge in [-0.15, -0.1) is 0 Å². The first-order valence-electron chi connectivity index (χ1n) is 4.09. The van der Waals surface area contributed by atoms with Crippen molar-refractivity contribution in [1.29, 1.82) is 0 Å². The van der Waals surface area contributed by atoms with E-state index in [0.717, 1.165) is 4.47 Å². The van der Waals surface area contributed by atoms with Crippen LogP contribution in [0.25, 0.3) is 11.0 Å². The number of ketones is 1. The average Bonchev–Trinajstić information content (AvgIpc) is 2.58. The lowest BCUT2D eigenvalue weighted by Gasteiger charge is -1.91. The van der Waals surface area contributed by atoms with Crippen molar-refractivity contribution < 1.29 is 18.0 Å². The number of halogens is 3. The van der Waals surface area contributed by atoms with Crippen LogP contribution in [0.4, 0.5) is 8.78 Å². The molecule has 1 aromatic carbocycles. The van der Waals surface area contributed by atoms with Crippen LogP contribution in [-0.4, -0.2) is 12.2 Å². The molecule has 0 saturated carbocycles. The van der Waals surface area contributed by atoms with Gasteiger partial charge in [0.1, 0.15) is 5.58 Å². The molecule has 0 bridgehead atoms. The summed E-state index contributed by atoms with van der Waals surface area (Å²) in [6.07, 6.45) is -3.03. The van der Waals surface area contributed by atoms with E-state index in [1.54, 1.807) is 18.2 Å². The van der Waals surface area contributed by atoms with Gasteiger partial charge in [-0.1, -0.05) is 15.9 Å². The number of benzene rings is 1. The second-order valence-corrected chi connectivity index (χ2v) is 3.87. The maximum absolute atomic E-state index is 12.1. The van der Waals surface area contributed by atoms with Crippen molar-refractivity contribution in [2.24, 2.45) is 0 Å². The van der Waals surface area contributed by atoms with Crippen molar-refractivity contribution in [3.8, 4) is 0 Å². The molecule has 1 aromatic heterocycles. The van der Waals surface area contributed by atoms with E-state index in [-0.39, 0.29) is 5.76 Å². The fraction of sp³-hybridized carbons (Fsp3) is 0.100. The van der Waals surface area contributed by atoms with Gasteiger partial charge in [-0.3, -0.25) is 4.79 Å². The SMILES string of the molecule is O=C(c1cc2cc(Br)ccc2o1)C(F)F. The summed E-state index contributed by atoms with van der Waals surface area (Å²) in [5, 5.41) is 0.619. The first-order chi connectivity index (χ1) is 7.08. The van der Waals surface area contributed by atoms with E-state index in [2.05, 4.69) is 15.9 Å². The van der Waals surface area contributed by atoms with Crippen molar-refractivity contribution in [2.75, 3.05) is 0 Å². The van der Waals surface area contributed by atoms with Crippen molar-refractivity contribution in [1.82, 2.24) is 0 Å². The van der Waals surface area contributed by atoms with Crippen LogP contribution < -0.4 is 0 Å². The van der Waals surface area contributed by atoms with Crippen LogP contribution in [0, 0.1) is 0 Å². The molecule has 1 heterocycles. The third-order valence-corrected chi connectivity index (χ3v) is 2.41. The minimum absolute atomic E-state index is 0.307. The third kappa shape index (κ3) is 1.92. The Labute approximate surface area is 92.0 Å². The van der Waals surface area contributed by atoms with Gasteiger partial charge in [-0.05, 0) is 24.3 Å². The molecule has 0 spiro atoms. The van der Waals surface area contributed by atoms with Crippen LogP contribution >= 0.6 is 15.9 Å². The monoisotopic (exact) mass is 274 g/mol. The zero-order chi connectivity index (χ0) is 11.0. The molecule has 0 atom stereocenters. The lowest BCUT2D eigenvalue weighted by Crippen LogP contribution is -2.08. The average molecular weight is 275 g/mol. The predicted molar refractivity (Wildman–Crippen MR) is 54.2 cm³/mol. The number of hydrogen-bond donors (Lipinski definition) is 0. The highest BCUT2D eigenvalue weighted by molar-refractivity contribution is 9.10. The normalized spacial score (nSPS) is 11.2. The molecule has 0 aliphatic heterocycles. The summed E-state index contributed by atoms with van der Waals surface area (Å²) in [7, 11) is 0. The molecular weight excluding hydrogens is 270 g/mol. The maximum Gasteiger partial charge on any atom is 0.303 e. The topological polar surface area (TPSA) is 30.2 Å². The Morgan fingerprint density at radius 1 is 1.33 bits per heavy atom. The fourth-order valence-electron chi connectivity index (χ4n) is 1.24. The zero-order valence-corrected chi connectivity index (χ0v) is 8.92. The van der Waals surface area contributed by atoms with E-state index in [1.807, 2.05) is 0 Å². The Balaban J connectivity index is 2.52. The molecule has 2 nitrogen and oxygen atoms in total. The van der Waals surface area contributed by atoms with Gasteiger partial charge in [-0.25, -0.2) is 8.78 Å². The van der Waals surface area contributed by atoms with Gasteiger partial charge in [0, 0.05) is 9.86 Å². The summed E-state index contributed by atoms with van der Waals surface area (Å²) in [6.45, 7) is 0. The van der Waals surface area contributed by atoms with E-state index in [1.165, 1.54) is 6.07 Å². The van der Waals surface area contributed by atoms with Gasteiger partial charge in [0.05, 0.1) is 0 Å². The lowest BCUT2D eigenvalue weighted by molar-refractivity contribution is 0.0651. The van der Waals surface area contributed by atoms with E-state index >= 15 is 0 Å². The predicted octanol–water partition coefficient (Wildman–Crippen LogP) is 3.64. The molecule has 0 aliphatic carbocycles. The van der Waals surface area contributed by atoms with Gasteiger partial charge in [0.15, 0.2) is 5.76 Å². The summed E-state index contributed by atoms with van der Waals surface area (Å²) in [5.41, 5.74) is 0.419. The van der Waals surface area contributed by atoms with Crippen LogP contribution in [0.2, 0.25) is 0 Å². The summed E-state index contributed by atoms with van der Waals surface area (Å²) in [5.74, 6) is -1.60. The lowest BCUT2D eigenvalue weighted by atomic mass is 10.2. The Morgan fingerprint density at radius 2 is 2.07 bits per heavy atom. The van der Waals surface area contributed by atoms with Gasteiger partial charge < -0.3 is 4.42 Å². The molecule has 0 unspecified atom stereocenters. The zero-order valence-electron chi connectivity index (χ0n) is 7.34. The highest BCUT2D eigenvalue weighted by Crippen LogP contribution is 2.24. The third-order valence-electron chi connectivity index (χ3n) is 1.92. The van der Waals surface area contributed by atoms with Gasteiger partial charge in [0.2, 0.25) is 0 Å². The highest BCUT2D eigenvalue weighted by Gasteiger charge is 2.21. The second-order valence-electron chi connectivity index (χ2n) is 2.96. The fourth-order valence-corrected chi connectivity index (χ4v) is 1.62. The van der Waals surface area contributed by atoms with Gasteiger partial charge in [0.25, 0.3) is 5.78 Å². The van der Waals surface area contributed by atoms with Gasteiger partial charge in [-0.2, -0.15) is 0 Å². The van der Waals surface area contributed by atoms with E-state index < -0.39 is 12.2 Å². The number of rotatable bonds is 2. The molecule has 0 amide bonds. The Morgan fingerprint density at radius 3 is 2.73 bits per heavy atom. The molecule has 78 valence electrons. The Bertz CT molecular complexity index is 519. The number of furan rings is 1. The van der Waals surface area contributed by atoms with Crippen molar-refractivity contribution in [3.05, 3.63) is 34.5 Å². The van der Waals surface area contributed by atoms with E-state index in [4.69, 9.17) is 4.42 Å². The van der Waals surface area contributed by atoms with E-state index in [0.29, 0.717) is 11.0 Å². The molecule has 0 N–H and O–H groups in total. The quantitative estimate of drug-likeness (QED) is 0.783. The molecule has 0 fully saturated rings. The summed E-state index contributed by atoms with van der Waals surface area (Å²) >= 11 is 3.23. The number of carbonyl (C=O) groups excluding carboxylic acids is 1. The van der Waals surface area contributed by atoms with Gasteiger partial charge >= 0.3 is 6.43 Å². The van der Waals surface area contributed by atoms with Crippen LogP contribution in [0.3, 0.4) is 0 Å². The highest BCUT2D eigenvalue weighted by atomic mass is 79.9. The molecule has 0 radical (unpaired) electrons. The minimum Gasteiger partial charge on any atom is -0.453 e. The van der Waals surface area contributed by atoms with Crippen LogP contribution in [0.1, 0.15) is 10.6 Å². The minimum atomic E-state index is -3.03. The molecule has 0 aliphatic rings. The van der Waals surface area contributed by atoms with E-state index in [9.17, 15) is 13.6 Å². The summed E-state index contributed by atoms with van der Waals surface area (Å²) in [6, 6.07) is 6.33. The largest absolute Gasteiger partial charge is 0.453 e. The first kappa shape index (κ1) is 10.3. The molecular formula is C10H5BrF2O2. The number of Topliss-reactive ketones (excluding diaryl/α,β-unsaturated/α-hetero) is 1. The number of fused-ring (bicyclic) bond motifs is 1. The van der Waals surface area contributed by atoms with Crippen LogP contribution in [0.5, 0.6) is 0 Å². The molecule has 2 aromatic rings. The number of alkyl halides is 2. The first-order valence-corrected chi connectivity index (χ1v) is 4.88. The Hall–Kier alpha value is -1.23. The molecule has 5 heteroatoms. The molecule has 2 rings (SSSR count).